The zero-order chi connectivity index (χ0) is 13.1. The van der Waals surface area contributed by atoms with Crippen LogP contribution in [0.1, 0.15) is 38.1 Å². The number of carbonyl (C=O) groups is 1. The van der Waals surface area contributed by atoms with Gasteiger partial charge in [0.05, 0.1) is 0 Å². The number of hydrogen-bond acceptors (Lipinski definition) is 4. The predicted molar refractivity (Wildman–Crippen MR) is 68.8 cm³/mol. The van der Waals surface area contributed by atoms with Crippen LogP contribution in [0.4, 0.5) is 5.95 Å². The summed E-state index contributed by atoms with van der Waals surface area (Å²) in [5.74, 6) is -0.202. The topological polar surface area (TPSA) is 66.3 Å². The van der Waals surface area contributed by atoms with E-state index in [0.717, 1.165) is 37.2 Å². The molecule has 5 heteroatoms. The summed E-state index contributed by atoms with van der Waals surface area (Å²) in [6.45, 7) is 4.82. The molecule has 0 amide bonds. The number of carboxylic acids is 1. The lowest BCUT2D eigenvalue weighted by Crippen LogP contribution is -2.37. The molecule has 0 unspecified atom stereocenters. The summed E-state index contributed by atoms with van der Waals surface area (Å²) in [5, 5.41) is 9.20. The summed E-state index contributed by atoms with van der Waals surface area (Å²) < 4.78 is 0. The molecule has 2 heterocycles. The van der Waals surface area contributed by atoms with Crippen LogP contribution in [0.15, 0.2) is 6.07 Å². The highest BCUT2D eigenvalue weighted by Gasteiger charge is 2.32. The molecule has 0 saturated carbocycles. The molecule has 2 rings (SSSR count). The number of aromatic nitrogens is 2. The van der Waals surface area contributed by atoms with Crippen molar-refractivity contribution < 1.29 is 9.90 Å². The molecule has 0 radical (unpaired) electrons. The smallest absolute Gasteiger partial charge is 0.326 e. The fourth-order valence-corrected chi connectivity index (χ4v) is 2.29. The molecule has 1 aromatic heterocycles. The highest BCUT2D eigenvalue weighted by molar-refractivity contribution is 5.78. The second kappa shape index (κ2) is 5.33. The molecule has 1 aromatic rings. The average molecular weight is 249 g/mol. The maximum atomic E-state index is 11.2. The van der Waals surface area contributed by atoms with Gasteiger partial charge in [0.1, 0.15) is 6.04 Å². The van der Waals surface area contributed by atoms with Crippen molar-refractivity contribution in [2.24, 2.45) is 0 Å². The first-order chi connectivity index (χ1) is 8.65. The number of carboxylic acid groups (broad SMARTS) is 1. The summed E-state index contributed by atoms with van der Waals surface area (Å²) in [6.07, 6.45) is 3.25. The van der Waals surface area contributed by atoms with E-state index >= 15 is 0 Å². The van der Waals surface area contributed by atoms with Crippen molar-refractivity contribution in [3.63, 3.8) is 0 Å². The lowest BCUT2D eigenvalue weighted by atomic mass is 10.2. The van der Waals surface area contributed by atoms with Crippen molar-refractivity contribution >= 4 is 11.9 Å². The molecule has 1 saturated heterocycles. The van der Waals surface area contributed by atoms with Gasteiger partial charge in [-0.25, -0.2) is 14.8 Å². The molecule has 18 heavy (non-hydrogen) atoms. The Balaban J connectivity index is 2.34. The minimum atomic E-state index is -0.781. The lowest BCUT2D eigenvalue weighted by Gasteiger charge is -2.22. The molecule has 0 aromatic carbocycles. The third kappa shape index (κ3) is 2.44. The van der Waals surface area contributed by atoms with E-state index in [9.17, 15) is 9.90 Å². The van der Waals surface area contributed by atoms with Crippen LogP contribution in [0.5, 0.6) is 0 Å². The summed E-state index contributed by atoms with van der Waals surface area (Å²) in [5.41, 5.74) is 1.96. The van der Waals surface area contributed by atoms with Crippen LogP contribution in [-0.2, 0) is 17.6 Å². The lowest BCUT2D eigenvalue weighted by molar-refractivity contribution is -0.138. The van der Waals surface area contributed by atoms with Gasteiger partial charge in [-0.05, 0) is 31.7 Å². The Bertz CT molecular complexity index is 426. The summed E-state index contributed by atoms with van der Waals surface area (Å²) in [7, 11) is 0. The Morgan fingerprint density at radius 2 is 2.00 bits per heavy atom. The molecule has 0 bridgehead atoms. The Morgan fingerprint density at radius 1 is 1.39 bits per heavy atom. The van der Waals surface area contributed by atoms with Crippen LogP contribution in [0, 0.1) is 0 Å². The van der Waals surface area contributed by atoms with Gasteiger partial charge < -0.3 is 10.0 Å². The molecule has 1 aliphatic heterocycles. The molecule has 0 aliphatic carbocycles. The first-order valence-corrected chi connectivity index (χ1v) is 6.52. The van der Waals surface area contributed by atoms with Gasteiger partial charge in [0, 0.05) is 17.9 Å². The molecule has 0 spiro atoms. The molecular weight excluding hydrogens is 230 g/mol. The van der Waals surface area contributed by atoms with Crippen LogP contribution in [0.3, 0.4) is 0 Å². The van der Waals surface area contributed by atoms with E-state index < -0.39 is 12.0 Å². The maximum absolute atomic E-state index is 11.2. The number of hydrogen-bond donors (Lipinski definition) is 1. The minimum Gasteiger partial charge on any atom is -0.480 e. The molecule has 5 nitrogen and oxygen atoms in total. The fourth-order valence-electron chi connectivity index (χ4n) is 2.29. The van der Waals surface area contributed by atoms with Crippen LogP contribution in [-0.4, -0.2) is 33.6 Å². The Hall–Kier alpha value is -1.65. The molecule has 1 fully saturated rings. The van der Waals surface area contributed by atoms with Gasteiger partial charge >= 0.3 is 5.97 Å². The summed E-state index contributed by atoms with van der Waals surface area (Å²) in [6, 6.07) is 1.52. The van der Waals surface area contributed by atoms with Crippen molar-refractivity contribution in [3.05, 3.63) is 17.5 Å². The van der Waals surface area contributed by atoms with Crippen molar-refractivity contribution in [3.8, 4) is 0 Å². The second-order valence-corrected chi connectivity index (χ2v) is 4.55. The van der Waals surface area contributed by atoms with Gasteiger partial charge in [-0.15, -0.1) is 0 Å². The van der Waals surface area contributed by atoms with E-state index in [2.05, 4.69) is 9.97 Å². The SMILES string of the molecule is CCc1cc(CC)nc(N2CCC[C@@H]2C(=O)O)n1. The fraction of sp³-hybridized carbons (Fsp3) is 0.615. The molecule has 1 aliphatic rings. The predicted octanol–water partition coefficient (Wildman–Crippen LogP) is 1.65. The number of aliphatic carboxylic acids is 1. The van der Waals surface area contributed by atoms with E-state index in [1.54, 1.807) is 0 Å². The third-order valence-corrected chi connectivity index (χ3v) is 3.34. The standard InChI is InChI=1S/C13H19N3O2/c1-3-9-8-10(4-2)15-13(14-9)16-7-5-6-11(16)12(17)18/h8,11H,3-7H2,1-2H3,(H,17,18)/t11-/m1/s1. The largest absolute Gasteiger partial charge is 0.480 e. The van der Waals surface area contributed by atoms with Gasteiger partial charge in [-0.2, -0.15) is 0 Å². The normalized spacial score (nSPS) is 19.2. The zero-order valence-corrected chi connectivity index (χ0v) is 10.9. The van der Waals surface area contributed by atoms with Crippen molar-refractivity contribution in [2.75, 3.05) is 11.4 Å². The van der Waals surface area contributed by atoms with E-state index in [1.165, 1.54) is 0 Å². The van der Waals surface area contributed by atoms with Crippen LogP contribution < -0.4 is 4.90 Å². The minimum absolute atomic E-state index is 0.471. The highest BCUT2D eigenvalue weighted by Crippen LogP contribution is 2.23. The van der Waals surface area contributed by atoms with Gasteiger partial charge in [0.15, 0.2) is 0 Å². The van der Waals surface area contributed by atoms with Crippen molar-refractivity contribution in [1.29, 1.82) is 0 Å². The Kier molecular flexibility index (Phi) is 3.79. The summed E-state index contributed by atoms with van der Waals surface area (Å²) >= 11 is 0. The van der Waals surface area contributed by atoms with Gasteiger partial charge in [-0.1, -0.05) is 13.8 Å². The second-order valence-electron chi connectivity index (χ2n) is 4.55. The van der Waals surface area contributed by atoms with Crippen molar-refractivity contribution in [2.45, 2.75) is 45.6 Å². The maximum Gasteiger partial charge on any atom is 0.326 e. The first-order valence-electron chi connectivity index (χ1n) is 6.52. The molecule has 1 atom stereocenters. The number of aryl methyl sites for hydroxylation is 2. The quantitative estimate of drug-likeness (QED) is 0.879. The number of nitrogens with zero attached hydrogens (tertiary/aromatic N) is 3. The third-order valence-electron chi connectivity index (χ3n) is 3.34. The molecule has 98 valence electrons. The number of anilines is 1. The number of rotatable bonds is 4. The van der Waals surface area contributed by atoms with Crippen LogP contribution in [0.2, 0.25) is 0 Å². The van der Waals surface area contributed by atoms with E-state index in [0.29, 0.717) is 12.4 Å². The van der Waals surface area contributed by atoms with Crippen molar-refractivity contribution in [1.82, 2.24) is 9.97 Å². The van der Waals surface area contributed by atoms with E-state index in [1.807, 2.05) is 24.8 Å². The zero-order valence-electron chi connectivity index (χ0n) is 10.9. The van der Waals surface area contributed by atoms with Gasteiger partial charge in [0.2, 0.25) is 5.95 Å². The van der Waals surface area contributed by atoms with Crippen LogP contribution >= 0.6 is 0 Å². The first kappa shape index (κ1) is 12.8. The average Bonchev–Trinajstić information content (AvgIpc) is 2.87. The van der Waals surface area contributed by atoms with E-state index in [-0.39, 0.29) is 0 Å². The van der Waals surface area contributed by atoms with Gasteiger partial charge in [0.25, 0.3) is 0 Å². The molecule has 1 N–H and O–H groups in total. The molecular formula is C13H19N3O2. The van der Waals surface area contributed by atoms with Gasteiger partial charge in [-0.3, -0.25) is 0 Å². The van der Waals surface area contributed by atoms with E-state index in [4.69, 9.17) is 0 Å². The summed E-state index contributed by atoms with van der Waals surface area (Å²) in [4.78, 5) is 21.9. The monoisotopic (exact) mass is 249 g/mol. The Morgan fingerprint density at radius 3 is 2.50 bits per heavy atom. The van der Waals surface area contributed by atoms with Crippen LogP contribution in [0.25, 0.3) is 0 Å². The Labute approximate surface area is 107 Å². The highest BCUT2D eigenvalue weighted by atomic mass is 16.4.